The highest BCUT2D eigenvalue weighted by molar-refractivity contribution is 5.38. The highest BCUT2D eigenvalue weighted by Crippen LogP contribution is 2.34. The summed E-state index contributed by atoms with van der Waals surface area (Å²) in [7, 11) is 1.57. The molecule has 2 aromatic rings. The van der Waals surface area contributed by atoms with Crippen molar-refractivity contribution < 1.29 is 19.3 Å². The quantitative estimate of drug-likeness (QED) is 0.914. The summed E-state index contributed by atoms with van der Waals surface area (Å²) < 4.78 is 16.4. The van der Waals surface area contributed by atoms with Gasteiger partial charge in [-0.3, -0.25) is 0 Å². The minimum Gasteiger partial charge on any atom is -0.484 e. The summed E-state index contributed by atoms with van der Waals surface area (Å²) in [5.41, 5.74) is 1.58. The highest BCUT2D eigenvalue weighted by atomic mass is 16.6. The van der Waals surface area contributed by atoms with Crippen LogP contribution in [0.1, 0.15) is 17.2 Å². The number of aliphatic hydroxyl groups excluding tert-OH is 1. The van der Waals surface area contributed by atoms with Crippen molar-refractivity contribution in [1.82, 2.24) is 9.97 Å². The van der Waals surface area contributed by atoms with E-state index in [0.717, 1.165) is 5.56 Å². The maximum Gasteiger partial charge on any atom is 0.257 e. The Morgan fingerprint density at radius 3 is 2.95 bits per heavy atom. The van der Waals surface area contributed by atoms with Gasteiger partial charge in [0.2, 0.25) is 5.88 Å². The van der Waals surface area contributed by atoms with Gasteiger partial charge in [0.25, 0.3) is 5.88 Å². The van der Waals surface area contributed by atoms with Crippen LogP contribution in [0.5, 0.6) is 17.5 Å². The van der Waals surface area contributed by atoms with Gasteiger partial charge in [0.05, 0.1) is 13.7 Å². The van der Waals surface area contributed by atoms with Gasteiger partial charge >= 0.3 is 0 Å². The maximum atomic E-state index is 9.06. The molecule has 1 aliphatic rings. The zero-order chi connectivity index (χ0) is 13.9. The third kappa shape index (κ3) is 2.37. The Labute approximate surface area is 116 Å². The number of nitrogens with zero attached hydrogens (tertiary/aromatic N) is 2. The van der Waals surface area contributed by atoms with Crippen LogP contribution in [0, 0.1) is 0 Å². The van der Waals surface area contributed by atoms with E-state index in [4.69, 9.17) is 19.3 Å². The Bertz CT molecular complexity index is 601. The van der Waals surface area contributed by atoms with Crippen molar-refractivity contribution in [1.29, 1.82) is 0 Å². The molecular weight excluding hydrogens is 260 g/mol. The summed E-state index contributed by atoms with van der Waals surface area (Å²) in [6, 6.07) is 5.38. The van der Waals surface area contributed by atoms with Crippen LogP contribution < -0.4 is 14.2 Å². The molecule has 2 aromatic heterocycles. The molecule has 6 nitrogen and oxygen atoms in total. The van der Waals surface area contributed by atoms with Gasteiger partial charge in [-0.05, 0) is 17.7 Å². The lowest BCUT2D eigenvalue weighted by molar-refractivity contribution is 0.0843. The predicted molar refractivity (Wildman–Crippen MR) is 69.8 cm³/mol. The van der Waals surface area contributed by atoms with Crippen molar-refractivity contribution >= 4 is 0 Å². The van der Waals surface area contributed by atoms with Crippen LogP contribution in [0.4, 0.5) is 0 Å². The summed E-state index contributed by atoms with van der Waals surface area (Å²) in [6.45, 7) is 0.299. The fourth-order valence-electron chi connectivity index (χ4n) is 1.95. The van der Waals surface area contributed by atoms with E-state index < -0.39 is 0 Å². The first kappa shape index (κ1) is 12.7. The molecule has 0 fully saturated rings. The second-order valence-electron chi connectivity index (χ2n) is 4.36. The Balaban J connectivity index is 1.80. The molecule has 3 heterocycles. The van der Waals surface area contributed by atoms with E-state index in [1.54, 1.807) is 31.6 Å². The van der Waals surface area contributed by atoms with E-state index in [2.05, 4.69) is 9.97 Å². The molecule has 104 valence electrons. The number of pyridine rings is 2. The van der Waals surface area contributed by atoms with Crippen LogP contribution in [0.15, 0.2) is 30.6 Å². The molecule has 0 bridgehead atoms. The van der Waals surface area contributed by atoms with Crippen LogP contribution in [-0.2, 0) is 6.61 Å². The molecule has 20 heavy (non-hydrogen) atoms. The van der Waals surface area contributed by atoms with E-state index in [9.17, 15) is 0 Å². The van der Waals surface area contributed by atoms with Gasteiger partial charge in [-0.2, -0.15) is 0 Å². The number of fused-ring (bicyclic) bond motifs is 1. The number of methoxy groups -OCH3 is 1. The topological polar surface area (TPSA) is 73.7 Å². The molecule has 0 saturated carbocycles. The lowest BCUT2D eigenvalue weighted by Gasteiger charge is -2.25. The van der Waals surface area contributed by atoms with Crippen LogP contribution in [0.2, 0.25) is 0 Å². The molecule has 0 aliphatic carbocycles. The van der Waals surface area contributed by atoms with Crippen molar-refractivity contribution in [2.45, 2.75) is 12.7 Å². The molecule has 1 aliphatic heterocycles. The summed E-state index contributed by atoms with van der Waals surface area (Å²) in [5.74, 6) is 1.53. The van der Waals surface area contributed by atoms with E-state index in [1.165, 1.54) is 0 Å². The maximum absolute atomic E-state index is 9.06. The molecule has 3 rings (SSSR count). The lowest BCUT2D eigenvalue weighted by Crippen LogP contribution is -2.22. The monoisotopic (exact) mass is 274 g/mol. The fraction of sp³-hybridized carbons (Fsp3) is 0.286. The molecule has 0 aromatic carbocycles. The molecule has 0 unspecified atom stereocenters. The van der Waals surface area contributed by atoms with Gasteiger partial charge in [0.1, 0.15) is 6.61 Å². The molecular formula is C14H14N2O4. The number of aliphatic hydroxyl groups is 1. The van der Waals surface area contributed by atoms with Crippen molar-refractivity contribution in [2.24, 2.45) is 0 Å². The van der Waals surface area contributed by atoms with E-state index in [1.807, 2.05) is 6.07 Å². The number of hydrogen-bond acceptors (Lipinski definition) is 6. The van der Waals surface area contributed by atoms with Gasteiger partial charge in [-0.25, -0.2) is 9.97 Å². The molecule has 6 heteroatoms. The number of ether oxygens (including phenoxy) is 3. The van der Waals surface area contributed by atoms with E-state index in [0.29, 0.717) is 29.7 Å². The molecule has 0 amide bonds. The smallest absolute Gasteiger partial charge is 0.257 e. The molecule has 0 saturated heterocycles. The molecule has 0 spiro atoms. The summed E-state index contributed by atoms with van der Waals surface area (Å²) >= 11 is 0. The van der Waals surface area contributed by atoms with Gasteiger partial charge in [-0.1, -0.05) is 0 Å². The first-order valence-corrected chi connectivity index (χ1v) is 6.19. The van der Waals surface area contributed by atoms with Gasteiger partial charge in [-0.15, -0.1) is 0 Å². The second-order valence-corrected chi connectivity index (χ2v) is 4.36. The Kier molecular flexibility index (Phi) is 3.39. The predicted octanol–water partition coefficient (Wildman–Crippen LogP) is 1.49. The molecule has 1 atom stereocenters. The number of rotatable bonds is 3. The Morgan fingerprint density at radius 2 is 2.25 bits per heavy atom. The summed E-state index contributed by atoms with van der Waals surface area (Å²) in [5, 5.41) is 9.06. The zero-order valence-electron chi connectivity index (χ0n) is 10.9. The fourth-order valence-corrected chi connectivity index (χ4v) is 1.95. The molecule has 0 radical (unpaired) electrons. The van der Waals surface area contributed by atoms with Gasteiger partial charge in [0, 0.05) is 24.0 Å². The first-order valence-electron chi connectivity index (χ1n) is 6.19. The average Bonchev–Trinajstić information content (AvgIpc) is 2.54. The van der Waals surface area contributed by atoms with Crippen molar-refractivity contribution in [3.05, 3.63) is 41.7 Å². The van der Waals surface area contributed by atoms with Crippen molar-refractivity contribution in [3.8, 4) is 17.5 Å². The SMILES string of the molecule is COc1ccc([C@H]2COc3cc(CO)cnc3O2)cn1. The third-order valence-corrected chi connectivity index (χ3v) is 3.04. The van der Waals surface area contributed by atoms with E-state index in [-0.39, 0.29) is 12.7 Å². The van der Waals surface area contributed by atoms with Crippen molar-refractivity contribution in [2.75, 3.05) is 13.7 Å². The number of hydrogen-bond donors (Lipinski definition) is 1. The van der Waals surface area contributed by atoms with E-state index >= 15 is 0 Å². The van der Waals surface area contributed by atoms with Crippen molar-refractivity contribution in [3.63, 3.8) is 0 Å². The third-order valence-electron chi connectivity index (χ3n) is 3.04. The Hall–Kier alpha value is -2.34. The van der Waals surface area contributed by atoms with Crippen LogP contribution in [-0.4, -0.2) is 28.8 Å². The van der Waals surface area contributed by atoms with Gasteiger partial charge in [0.15, 0.2) is 11.9 Å². The lowest BCUT2D eigenvalue weighted by atomic mass is 10.1. The Morgan fingerprint density at radius 1 is 1.35 bits per heavy atom. The second kappa shape index (κ2) is 5.34. The minimum atomic E-state index is -0.256. The largest absolute Gasteiger partial charge is 0.484 e. The van der Waals surface area contributed by atoms with Crippen LogP contribution in [0.25, 0.3) is 0 Å². The number of aromatic nitrogens is 2. The van der Waals surface area contributed by atoms with Crippen LogP contribution >= 0.6 is 0 Å². The highest BCUT2D eigenvalue weighted by Gasteiger charge is 2.24. The van der Waals surface area contributed by atoms with Crippen LogP contribution in [0.3, 0.4) is 0 Å². The average molecular weight is 274 g/mol. The zero-order valence-corrected chi connectivity index (χ0v) is 10.9. The first-order chi connectivity index (χ1) is 9.80. The summed E-state index contributed by atoms with van der Waals surface area (Å²) in [6.07, 6.45) is 3.00. The minimum absolute atomic E-state index is 0.0739. The van der Waals surface area contributed by atoms with Gasteiger partial charge < -0.3 is 19.3 Å². The standard InChI is InChI=1S/C14H14N2O4/c1-18-13-3-2-10(6-15-13)12-8-19-11-4-9(7-17)5-16-14(11)20-12/h2-6,12,17H,7-8H2,1H3/t12-/m1/s1. The normalized spacial score (nSPS) is 16.8. The molecule has 1 N–H and O–H groups in total. The summed E-state index contributed by atoms with van der Waals surface area (Å²) in [4.78, 5) is 8.29.